The van der Waals surface area contributed by atoms with Crippen molar-refractivity contribution >= 4 is 52.9 Å². The third-order valence-corrected chi connectivity index (χ3v) is 4.66. The van der Waals surface area contributed by atoms with Crippen LogP contribution < -0.4 is 5.32 Å². The first-order chi connectivity index (χ1) is 10.5. The topological polar surface area (TPSA) is 40.5 Å². The SMILES string of the molecule is CN=C(NCc1nc(C)c(C)s1)N(C)Cc1cccc(Cl)c1.I. The fraction of sp³-hybridized carbons (Fsp3) is 0.375. The van der Waals surface area contributed by atoms with Crippen LogP contribution in [0.15, 0.2) is 29.3 Å². The molecule has 0 aliphatic rings. The van der Waals surface area contributed by atoms with Crippen LogP contribution in [0.4, 0.5) is 0 Å². The molecule has 2 rings (SSSR count). The van der Waals surface area contributed by atoms with E-state index >= 15 is 0 Å². The average molecular weight is 465 g/mol. The number of aryl methyl sites for hydroxylation is 2. The first-order valence-electron chi connectivity index (χ1n) is 7.08. The van der Waals surface area contributed by atoms with Gasteiger partial charge < -0.3 is 10.2 Å². The monoisotopic (exact) mass is 464 g/mol. The van der Waals surface area contributed by atoms with Crippen molar-refractivity contribution in [3.05, 3.63) is 50.4 Å². The molecule has 1 N–H and O–H groups in total. The Morgan fingerprint density at radius 2 is 2.13 bits per heavy atom. The summed E-state index contributed by atoms with van der Waals surface area (Å²) >= 11 is 7.75. The molecule has 0 unspecified atom stereocenters. The van der Waals surface area contributed by atoms with Gasteiger partial charge in [0.2, 0.25) is 0 Å². The Kier molecular flexibility index (Phi) is 8.28. The van der Waals surface area contributed by atoms with Crippen LogP contribution in [0, 0.1) is 13.8 Å². The summed E-state index contributed by atoms with van der Waals surface area (Å²) in [5.74, 6) is 0.838. The molecule has 1 aromatic carbocycles. The molecule has 0 aliphatic carbocycles. The second-order valence-electron chi connectivity index (χ2n) is 5.14. The average Bonchev–Trinajstić information content (AvgIpc) is 2.78. The molecule has 0 bridgehead atoms. The molecule has 0 radical (unpaired) electrons. The molecule has 4 nitrogen and oxygen atoms in total. The maximum absolute atomic E-state index is 6.03. The highest BCUT2D eigenvalue weighted by molar-refractivity contribution is 14.0. The molecule has 0 aliphatic heterocycles. The highest BCUT2D eigenvalue weighted by Crippen LogP contribution is 2.16. The van der Waals surface area contributed by atoms with Gasteiger partial charge in [-0.05, 0) is 31.5 Å². The molecule has 0 fully saturated rings. The summed E-state index contributed by atoms with van der Waals surface area (Å²) in [7, 11) is 3.80. The van der Waals surface area contributed by atoms with Crippen molar-refractivity contribution in [1.82, 2.24) is 15.2 Å². The van der Waals surface area contributed by atoms with Gasteiger partial charge in [0.1, 0.15) is 5.01 Å². The van der Waals surface area contributed by atoms with E-state index in [4.69, 9.17) is 11.6 Å². The summed E-state index contributed by atoms with van der Waals surface area (Å²) in [6.07, 6.45) is 0. The van der Waals surface area contributed by atoms with E-state index in [2.05, 4.69) is 33.2 Å². The maximum atomic E-state index is 6.03. The van der Waals surface area contributed by atoms with Crippen molar-refractivity contribution in [2.75, 3.05) is 14.1 Å². The van der Waals surface area contributed by atoms with Crippen molar-refractivity contribution in [1.29, 1.82) is 0 Å². The number of aromatic nitrogens is 1. The Morgan fingerprint density at radius 3 is 2.70 bits per heavy atom. The van der Waals surface area contributed by atoms with Crippen LogP contribution in [0.3, 0.4) is 0 Å². The summed E-state index contributed by atoms with van der Waals surface area (Å²) < 4.78 is 0. The molecule has 2 aromatic rings. The number of nitrogens with one attached hydrogen (secondary N) is 1. The van der Waals surface area contributed by atoms with Gasteiger partial charge in [-0.3, -0.25) is 4.99 Å². The number of nitrogens with zero attached hydrogens (tertiary/aromatic N) is 3. The Bertz CT molecular complexity index is 652. The first kappa shape index (κ1) is 20.2. The van der Waals surface area contributed by atoms with E-state index in [1.807, 2.05) is 32.2 Å². The van der Waals surface area contributed by atoms with E-state index in [-0.39, 0.29) is 24.0 Å². The lowest BCUT2D eigenvalue weighted by Gasteiger charge is -2.22. The van der Waals surface area contributed by atoms with Gasteiger partial charge in [-0.1, -0.05) is 23.7 Å². The molecule has 0 saturated carbocycles. The summed E-state index contributed by atoms with van der Waals surface area (Å²) in [4.78, 5) is 12.2. The highest BCUT2D eigenvalue weighted by Gasteiger charge is 2.09. The van der Waals surface area contributed by atoms with Gasteiger partial charge in [0, 0.05) is 30.5 Å². The number of benzene rings is 1. The van der Waals surface area contributed by atoms with E-state index in [1.165, 1.54) is 4.88 Å². The first-order valence-corrected chi connectivity index (χ1v) is 8.28. The lowest BCUT2D eigenvalue weighted by atomic mass is 10.2. The van der Waals surface area contributed by atoms with Crippen molar-refractivity contribution in [2.24, 2.45) is 4.99 Å². The van der Waals surface area contributed by atoms with Crippen LogP contribution in [0.1, 0.15) is 21.1 Å². The van der Waals surface area contributed by atoms with Crippen LogP contribution in [-0.2, 0) is 13.1 Å². The summed E-state index contributed by atoms with van der Waals surface area (Å²) in [6.45, 7) is 5.56. The minimum atomic E-state index is 0. The van der Waals surface area contributed by atoms with Crippen LogP contribution in [-0.4, -0.2) is 29.9 Å². The molecule has 0 amide bonds. The van der Waals surface area contributed by atoms with E-state index < -0.39 is 0 Å². The molecule has 1 aromatic heterocycles. The Morgan fingerprint density at radius 1 is 1.39 bits per heavy atom. The number of aliphatic imine (C=N–C) groups is 1. The van der Waals surface area contributed by atoms with E-state index in [0.717, 1.165) is 33.8 Å². The molecule has 0 atom stereocenters. The van der Waals surface area contributed by atoms with Crippen LogP contribution in [0.25, 0.3) is 0 Å². The largest absolute Gasteiger partial charge is 0.350 e. The van der Waals surface area contributed by atoms with Gasteiger partial charge in [-0.2, -0.15) is 0 Å². The standard InChI is InChI=1S/C16H21ClN4S.HI/c1-11-12(2)22-15(20-11)9-19-16(18-3)21(4)10-13-6-5-7-14(17)8-13;/h5-8H,9-10H2,1-4H3,(H,18,19);1H. The van der Waals surface area contributed by atoms with Crippen molar-refractivity contribution in [3.8, 4) is 0 Å². The third-order valence-electron chi connectivity index (χ3n) is 3.35. The molecule has 1 heterocycles. The zero-order valence-electron chi connectivity index (χ0n) is 13.8. The lowest BCUT2D eigenvalue weighted by molar-refractivity contribution is 0.476. The highest BCUT2D eigenvalue weighted by atomic mass is 127. The molecule has 0 spiro atoms. The second-order valence-corrected chi connectivity index (χ2v) is 6.86. The Labute approximate surface area is 164 Å². The number of thiazole rings is 1. The van der Waals surface area contributed by atoms with Crippen molar-refractivity contribution in [3.63, 3.8) is 0 Å². The molecule has 7 heteroatoms. The van der Waals surface area contributed by atoms with E-state index in [0.29, 0.717) is 6.54 Å². The van der Waals surface area contributed by atoms with Gasteiger partial charge in [0.25, 0.3) is 0 Å². The quantitative estimate of drug-likeness (QED) is 0.418. The van der Waals surface area contributed by atoms with Gasteiger partial charge in [-0.25, -0.2) is 4.98 Å². The summed E-state index contributed by atoms with van der Waals surface area (Å²) in [5, 5.41) is 5.18. The Hall–Kier alpha value is -0.860. The zero-order valence-corrected chi connectivity index (χ0v) is 17.7. The van der Waals surface area contributed by atoms with Gasteiger partial charge in [-0.15, -0.1) is 35.3 Å². The zero-order chi connectivity index (χ0) is 16.1. The maximum Gasteiger partial charge on any atom is 0.194 e. The van der Waals surface area contributed by atoms with Gasteiger partial charge in [0.15, 0.2) is 5.96 Å². The normalized spacial score (nSPS) is 11.1. The molecular formula is C16H22ClIN4S. The smallest absolute Gasteiger partial charge is 0.194 e. The van der Waals surface area contributed by atoms with Gasteiger partial charge in [0.05, 0.1) is 12.2 Å². The predicted octanol–water partition coefficient (Wildman–Crippen LogP) is 4.24. The summed E-state index contributed by atoms with van der Waals surface area (Å²) in [5.41, 5.74) is 2.25. The van der Waals surface area contributed by atoms with E-state index in [9.17, 15) is 0 Å². The van der Waals surface area contributed by atoms with Gasteiger partial charge >= 0.3 is 0 Å². The number of guanidine groups is 1. The number of hydrogen-bond donors (Lipinski definition) is 1. The number of hydrogen-bond acceptors (Lipinski definition) is 3. The molecule has 126 valence electrons. The molecular weight excluding hydrogens is 443 g/mol. The summed E-state index contributed by atoms with van der Waals surface area (Å²) in [6, 6.07) is 7.87. The minimum absolute atomic E-state index is 0. The third kappa shape index (κ3) is 5.93. The van der Waals surface area contributed by atoms with Crippen molar-refractivity contribution in [2.45, 2.75) is 26.9 Å². The van der Waals surface area contributed by atoms with E-state index in [1.54, 1.807) is 18.4 Å². The molecule has 23 heavy (non-hydrogen) atoms. The van der Waals surface area contributed by atoms with Crippen LogP contribution in [0.5, 0.6) is 0 Å². The Balaban J connectivity index is 0.00000264. The van der Waals surface area contributed by atoms with Crippen LogP contribution in [0.2, 0.25) is 5.02 Å². The molecule has 0 saturated heterocycles. The second kappa shape index (κ2) is 9.44. The fourth-order valence-electron chi connectivity index (χ4n) is 2.14. The minimum Gasteiger partial charge on any atom is -0.350 e. The fourth-order valence-corrected chi connectivity index (χ4v) is 3.22. The lowest BCUT2D eigenvalue weighted by Crippen LogP contribution is -2.38. The predicted molar refractivity (Wildman–Crippen MR) is 110 cm³/mol. The van der Waals surface area contributed by atoms with Crippen molar-refractivity contribution < 1.29 is 0 Å². The van der Waals surface area contributed by atoms with Crippen LogP contribution >= 0.6 is 46.9 Å². The number of rotatable bonds is 4. The number of halogens is 2.